The molecule has 1 amide bonds. The number of rotatable bonds is 3. The number of nitrogens with two attached hydrogens (primary N) is 1. The van der Waals surface area contributed by atoms with Gasteiger partial charge in [0.2, 0.25) is 0 Å². The number of nitrogens with one attached hydrogen (secondary N) is 1. The van der Waals surface area contributed by atoms with Crippen LogP contribution in [-0.2, 0) is 4.74 Å². The van der Waals surface area contributed by atoms with Gasteiger partial charge in [0.15, 0.2) is 0 Å². The number of alkyl carbamates (subject to hydrolysis) is 1. The molecule has 3 N–H and O–H groups in total. The summed E-state index contributed by atoms with van der Waals surface area (Å²) >= 11 is 0. The first-order chi connectivity index (χ1) is 8.31. The van der Waals surface area contributed by atoms with Crippen LogP contribution in [0.2, 0.25) is 0 Å². The molecule has 1 heterocycles. The van der Waals surface area contributed by atoms with Crippen molar-refractivity contribution in [2.45, 2.75) is 45.8 Å². The Morgan fingerprint density at radius 1 is 1.50 bits per heavy atom. The second kappa shape index (κ2) is 5.71. The molecule has 1 atom stereocenters. The number of hydrogen-bond donors (Lipinski definition) is 2. The smallest absolute Gasteiger partial charge is 0.408 e. The molecule has 18 heavy (non-hydrogen) atoms. The Kier molecular flexibility index (Phi) is 4.53. The maximum absolute atomic E-state index is 11.7. The molecule has 0 saturated carbocycles. The molecule has 5 nitrogen and oxygen atoms in total. The molecule has 0 radical (unpaired) electrons. The van der Waals surface area contributed by atoms with Gasteiger partial charge in [0, 0.05) is 12.4 Å². The van der Waals surface area contributed by atoms with Crippen LogP contribution in [0.4, 0.5) is 10.5 Å². The summed E-state index contributed by atoms with van der Waals surface area (Å²) in [4.78, 5) is 15.7. The molecule has 0 aromatic carbocycles. The third kappa shape index (κ3) is 4.61. The van der Waals surface area contributed by atoms with Crippen LogP contribution in [0.15, 0.2) is 18.5 Å². The maximum atomic E-state index is 11.7. The van der Waals surface area contributed by atoms with Crippen LogP contribution < -0.4 is 11.1 Å². The van der Waals surface area contributed by atoms with Crippen molar-refractivity contribution in [3.8, 4) is 0 Å². The van der Waals surface area contributed by atoms with Crippen molar-refractivity contribution in [3.05, 3.63) is 24.0 Å². The summed E-state index contributed by atoms with van der Waals surface area (Å²) < 4.78 is 5.22. The SMILES string of the molecule is CC[C@@H](NC(=O)OC(C)(C)C)c1cncc(N)c1. The number of ether oxygens (including phenoxy) is 1. The van der Waals surface area contributed by atoms with Crippen LogP contribution >= 0.6 is 0 Å². The molecule has 5 heteroatoms. The molecular formula is C13H21N3O2. The molecule has 0 bridgehead atoms. The highest BCUT2D eigenvalue weighted by molar-refractivity contribution is 5.68. The summed E-state index contributed by atoms with van der Waals surface area (Å²) in [5, 5.41) is 2.81. The van der Waals surface area contributed by atoms with Gasteiger partial charge in [0.1, 0.15) is 5.60 Å². The second-order valence-corrected chi connectivity index (χ2v) is 5.16. The molecule has 1 rings (SSSR count). The lowest BCUT2D eigenvalue weighted by Gasteiger charge is -2.23. The normalized spacial score (nSPS) is 12.9. The van der Waals surface area contributed by atoms with E-state index in [9.17, 15) is 4.79 Å². The molecule has 0 aliphatic heterocycles. The Labute approximate surface area is 108 Å². The van der Waals surface area contributed by atoms with E-state index in [0.29, 0.717) is 5.69 Å². The number of hydrogen-bond acceptors (Lipinski definition) is 4. The van der Waals surface area contributed by atoms with Crippen LogP contribution in [0, 0.1) is 0 Å². The molecule has 1 aromatic rings. The predicted molar refractivity (Wildman–Crippen MR) is 71.1 cm³/mol. The van der Waals surface area contributed by atoms with Gasteiger partial charge in [0.05, 0.1) is 11.7 Å². The molecule has 1 aromatic heterocycles. The lowest BCUT2D eigenvalue weighted by atomic mass is 10.1. The number of carbonyl (C=O) groups excluding carboxylic acids is 1. The Bertz CT molecular complexity index is 413. The van der Waals surface area contributed by atoms with Gasteiger partial charge in [-0.3, -0.25) is 4.98 Å². The molecule has 0 aliphatic carbocycles. The van der Waals surface area contributed by atoms with E-state index in [4.69, 9.17) is 10.5 Å². The molecule has 100 valence electrons. The van der Waals surface area contributed by atoms with E-state index >= 15 is 0 Å². The van der Waals surface area contributed by atoms with Crippen LogP contribution in [0.25, 0.3) is 0 Å². The van der Waals surface area contributed by atoms with Gasteiger partial charge in [-0.15, -0.1) is 0 Å². The monoisotopic (exact) mass is 251 g/mol. The predicted octanol–water partition coefficient (Wildman–Crippen LogP) is 2.64. The first kappa shape index (κ1) is 14.3. The number of carbonyl (C=O) groups is 1. The lowest BCUT2D eigenvalue weighted by molar-refractivity contribution is 0.0502. The van der Waals surface area contributed by atoms with Gasteiger partial charge in [0.25, 0.3) is 0 Å². The fraction of sp³-hybridized carbons (Fsp3) is 0.538. The summed E-state index contributed by atoms with van der Waals surface area (Å²) in [6.07, 6.45) is 3.58. The van der Waals surface area contributed by atoms with Crippen molar-refractivity contribution >= 4 is 11.8 Å². The number of amides is 1. The van der Waals surface area contributed by atoms with Gasteiger partial charge < -0.3 is 15.8 Å². The number of pyridine rings is 1. The van der Waals surface area contributed by atoms with Crippen molar-refractivity contribution in [2.75, 3.05) is 5.73 Å². The Hall–Kier alpha value is -1.78. The van der Waals surface area contributed by atoms with E-state index in [1.54, 1.807) is 18.5 Å². The summed E-state index contributed by atoms with van der Waals surface area (Å²) in [6, 6.07) is 1.66. The quantitative estimate of drug-likeness (QED) is 0.865. The standard InChI is InChI=1S/C13H21N3O2/c1-5-11(9-6-10(14)8-15-7-9)16-12(17)18-13(2,3)4/h6-8,11H,5,14H2,1-4H3,(H,16,17)/t11-/m1/s1. The number of aromatic nitrogens is 1. The van der Waals surface area contributed by atoms with Gasteiger partial charge in [-0.05, 0) is 38.8 Å². The van der Waals surface area contributed by atoms with Gasteiger partial charge in [-0.25, -0.2) is 4.79 Å². The van der Waals surface area contributed by atoms with Crippen LogP contribution in [0.3, 0.4) is 0 Å². The lowest BCUT2D eigenvalue weighted by Crippen LogP contribution is -2.34. The third-order valence-corrected chi connectivity index (χ3v) is 2.28. The molecule has 0 spiro atoms. The topological polar surface area (TPSA) is 77.2 Å². The summed E-state index contributed by atoms with van der Waals surface area (Å²) in [5.74, 6) is 0. The first-order valence-corrected chi connectivity index (χ1v) is 6.01. The van der Waals surface area contributed by atoms with Gasteiger partial charge in [-0.1, -0.05) is 6.92 Å². The Morgan fingerprint density at radius 3 is 2.67 bits per heavy atom. The van der Waals surface area contributed by atoms with E-state index in [1.165, 1.54) is 0 Å². The second-order valence-electron chi connectivity index (χ2n) is 5.16. The van der Waals surface area contributed by atoms with Crippen LogP contribution in [0.5, 0.6) is 0 Å². The maximum Gasteiger partial charge on any atom is 0.408 e. The van der Waals surface area contributed by atoms with Crippen molar-refractivity contribution in [1.29, 1.82) is 0 Å². The van der Waals surface area contributed by atoms with Gasteiger partial charge in [-0.2, -0.15) is 0 Å². The molecule has 0 aliphatic rings. The fourth-order valence-corrected chi connectivity index (χ4v) is 1.54. The van der Waals surface area contributed by atoms with Crippen molar-refractivity contribution in [3.63, 3.8) is 0 Å². The van der Waals surface area contributed by atoms with Crippen molar-refractivity contribution < 1.29 is 9.53 Å². The van der Waals surface area contributed by atoms with E-state index < -0.39 is 11.7 Å². The largest absolute Gasteiger partial charge is 0.444 e. The molecule has 0 unspecified atom stereocenters. The van der Waals surface area contributed by atoms with Crippen molar-refractivity contribution in [1.82, 2.24) is 10.3 Å². The highest BCUT2D eigenvalue weighted by Crippen LogP contribution is 2.18. The molecule has 0 fully saturated rings. The summed E-state index contributed by atoms with van der Waals surface area (Å²) in [5.41, 5.74) is 6.63. The van der Waals surface area contributed by atoms with E-state index in [0.717, 1.165) is 12.0 Å². The molecular weight excluding hydrogens is 230 g/mol. The minimum absolute atomic E-state index is 0.143. The van der Waals surface area contributed by atoms with E-state index in [1.807, 2.05) is 27.7 Å². The zero-order chi connectivity index (χ0) is 13.8. The van der Waals surface area contributed by atoms with Crippen LogP contribution in [-0.4, -0.2) is 16.7 Å². The van der Waals surface area contributed by atoms with Gasteiger partial charge >= 0.3 is 6.09 Å². The van der Waals surface area contributed by atoms with E-state index in [2.05, 4.69) is 10.3 Å². The summed E-state index contributed by atoms with van der Waals surface area (Å²) in [6.45, 7) is 7.46. The Morgan fingerprint density at radius 2 is 2.17 bits per heavy atom. The number of nitrogens with zero attached hydrogens (tertiary/aromatic N) is 1. The average Bonchev–Trinajstić information content (AvgIpc) is 2.23. The van der Waals surface area contributed by atoms with E-state index in [-0.39, 0.29) is 6.04 Å². The minimum atomic E-state index is -0.504. The Balaban J connectivity index is 2.71. The minimum Gasteiger partial charge on any atom is -0.444 e. The zero-order valence-electron chi connectivity index (χ0n) is 11.4. The summed E-state index contributed by atoms with van der Waals surface area (Å²) in [7, 11) is 0. The van der Waals surface area contributed by atoms with Crippen LogP contribution in [0.1, 0.15) is 45.7 Å². The average molecular weight is 251 g/mol. The number of anilines is 1. The highest BCUT2D eigenvalue weighted by atomic mass is 16.6. The third-order valence-electron chi connectivity index (χ3n) is 2.28. The zero-order valence-corrected chi connectivity index (χ0v) is 11.4. The number of nitrogen functional groups attached to an aromatic ring is 1. The first-order valence-electron chi connectivity index (χ1n) is 6.01. The molecule has 0 saturated heterocycles. The fourth-order valence-electron chi connectivity index (χ4n) is 1.54. The van der Waals surface area contributed by atoms with Crippen molar-refractivity contribution in [2.24, 2.45) is 0 Å². The highest BCUT2D eigenvalue weighted by Gasteiger charge is 2.19.